The molecule has 0 aliphatic heterocycles. The predicted octanol–water partition coefficient (Wildman–Crippen LogP) is 3.10. The summed E-state index contributed by atoms with van der Waals surface area (Å²) in [6.45, 7) is 0. The van der Waals surface area contributed by atoms with Crippen LogP contribution in [-0.2, 0) is 0 Å². The van der Waals surface area contributed by atoms with Gasteiger partial charge < -0.3 is 10.5 Å². The maximum atomic E-state index is 5.71. The molecular formula is C12H11BrN2O. The quantitative estimate of drug-likeness (QED) is 0.918. The Morgan fingerprint density at radius 1 is 1.25 bits per heavy atom. The second-order valence-corrected chi connectivity index (χ2v) is 4.22. The summed E-state index contributed by atoms with van der Waals surface area (Å²) in [5, 5.41) is 0. The fraction of sp³-hybridized carbons (Fsp3) is 0.0833. The first-order valence-electron chi connectivity index (χ1n) is 4.77. The summed E-state index contributed by atoms with van der Waals surface area (Å²) in [4.78, 5) is 4.33. The number of aromatic nitrogens is 1. The minimum atomic E-state index is 0.456. The van der Waals surface area contributed by atoms with Gasteiger partial charge in [-0.25, -0.2) is 4.98 Å². The van der Waals surface area contributed by atoms with Crippen LogP contribution in [0.15, 0.2) is 40.9 Å². The van der Waals surface area contributed by atoms with Crippen molar-refractivity contribution in [3.8, 4) is 17.1 Å². The van der Waals surface area contributed by atoms with Crippen molar-refractivity contribution in [1.82, 2.24) is 4.98 Å². The van der Waals surface area contributed by atoms with Gasteiger partial charge in [-0.05, 0) is 24.3 Å². The summed E-state index contributed by atoms with van der Waals surface area (Å²) in [5.74, 6) is 0.456. The number of nitrogens with zero attached hydrogens (tertiary/aromatic N) is 1. The number of pyridine rings is 1. The second-order valence-electron chi connectivity index (χ2n) is 3.31. The highest BCUT2D eigenvalue weighted by Gasteiger charge is 2.05. The lowest BCUT2D eigenvalue weighted by atomic mass is 10.1. The summed E-state index contributed by atoms with van der Waals surface area (Å²) in [6, 6.07) is 11.6. The Hall–Kier alpha value is -1.55. The average Bonchev–Trinajstić information content (AvgIpc) is 2.29. The normalized spacial score (nSPS) is 10.1. The van der Waals surface area contributed by atoms with E-state index in [1.807, 2.05) is 30.3 Å². The Morgan fingerprint density at radius 2 is 2.06 bits per heavy atom. The van der Waals surface area contributed by atoms with E-state index in [4.69, 9.17) is 10.5 Å². The number of rotatable bonds is 2. The lowest BCUT2D eigenvalue weighted by molar-refractivity contribution is 0.401. The van der Waals surface area contributed by atoms with E-state index in [0.29, 0.717) is 11.6 Å². The van der Waals surface area contributed by atoms with Crippen molar-refractivity contribution in [3.05, 3.63) is 40.9 Å². The molecule has 82 valence electrons. The van der Waals surface area contributed by atoms with Gasteiger partial charge in [0.2, 0.25) is 5.88 Å². The van der Waals surface area contributed by atoms with E-state index in [1.54, 1.807) is 13.2 Å². The van der Waals surface area contributed by atoms with Gasteiger partial charge in [-0.2, -0.15) is 0 Å². The number of hydrogen-bond donors (Lipinski definition) is 1. The molecule has 0 aliphatic rings. The van der Waals surface area contributed by atoms with Crippen molar-refractivity contribution in [2.75, 3.05) is 12.8 Å². The number of anilines is 1. The topological polar surface area (TPSA) is 48.1 Å². The largest absolute Gasteiger partial charge is 0.480 e. The third-order valence-corrected chi connectivity index (χ3v) is 2.70. The van der Waals surface area contributed by atoms with Gasteiger partial charge in [0.1, 0.15) is 0 Å². The molecule has 1 aromatic carbocycles. The monoisotopic (exact) mass is 278 g/mol. The van der Waals surface area contributed by atoms with Gasteiger partial charge in [-0.1, -0.05) is 28.1 Å². The van der Waals surface area contributed by atoms with Crippen LogP contribution in [0.5, 0.6) is 5.88 Å². The van der Waals surface area contributed by atoms with E-state index in [-0.39, 0.29) is 0 Å². The van der Waals surface area contributed by atoms with Crippen LogP contribution in [0.4, 0.5) is 5.69 Å². The first-order chi connectivity index (χ1) is 7.70. The highest BCUT2D eigenvalue weighted by molar-refractivity contribution is 9.10. The molecule has 0 saturated carbocycles. The summed E-state index contributed by atoms with van der Waals surface area (Å²) in [7, 11) is 1.56. The molecule has 0 spiro atoms. The minimum absolute atomic E-state index is 0.456. The van der Waals surface area contributed by atoms with Gasteiger partial charge in [0.15, 0.2) is 0 Å². The molecule has 16 heavy (non-hydrogen) atoms. The molecule has 1 aromatic heterocycles. The maximum absolute atomic E-state index is 5.71. The maximum Gasteiger partial charge on any atom is 0.237 e. The van der Waals surface area contributed by atoms with Crippen molar-refractivity contribution in [1.29, 1.82) is 0 Å². The molecule has 2 rings (SSSR count). The molecule has 0 aliphatic carbocycles. The van der Waals surface area contributed by atoms with Crippen LogP contribution >= 0.6 is 15.9 Å². The molecule has 0 radical (unpaired) electrons. The van der Waals surface area contributed by atoms with Crippen LogP contribution in [0, 0.1) is 0 Å². The lowest BCUT2D eigenvalue weighted by Gasteiger charge is -2.06. The minimum Gasteiger partial charge on any atom is -0.480 e. The number of halogens is 1. The van der Waals surface area contributed by atoms with Crippen molar-refractivity contribution in [2.45, 2.75) is 0 Å². The Bertz CT molecular complexity index is 514. The van der Waals surface area contributed by atoms with Gasteiger partial charge in [-0.15, -0.1) is 0 Å². The Morgan fingerprint density at radius 3 is 2.75 bits per heavy atom. The molecule has 3 nitrogen and oxygen atoms in total. The average molecular weight is 279 g/mol. The van der Waals surface area contributed by atoms with E-state index in [0.717, 1.165) is 15.7 Å². The molecule has 0 unspecified atom stereocenters. The Labute approximate surface area is 102 Å². The van der Waals surface area contributed by atoms with Gasteiger partial charge in [0.05, 0.1) is 18.5 Å². The van der Waals surface area contributed by atoms with Gasteiger partial charge >= 0.3 is 0 Å². The number of nitrogen functional groups attached to an aromatic ring is 1. The number of benzene rings is 1. The molecule has 0 fully saturated rings. The second kappa shape index (κ2) is 4.53. The van der Waals surface area contributed by atoms with E-state index >= 15 is 0 Å². The van der Waals surface area contributed by atoms with E-state index in [2.05, 4.69) is 20.9 Å². The molecule has 0 bridgehead atoms. The zero-order valence-corrected chi connectivity index (χ0v) is 10.4. The zero-order chi connectivity index (χ0) is 11.5. The van der Waals surface area contributed by atoms with Crippen LogP contribution in [0.25, 0.3) is 11.3 Å². The highest BCUT2D eigenvalue weighted by atomic mass is 79.9. The predicted molar refractivity (Wildman–Crippen MR) is 68.3 cm³/mol. The van der Waals surface area contributed by atoms with Gasteiger partial charge in [0.25, 0.3) is 0 Å². The Kier molecular flexibility index (Phi) is 3.10. The third-order valence-electron chi connectivity index (χ3n) is 2.20. The Balaban J connectivity index is 2.48. The van der Waals surface area contributed by atoms with E-state index in [1.165, 1.54) is 0 Å². The summed E-state index contributed by atoms with van der Waals surface area (Å²) in [6.07, 6.45) is 0. The van der Waals surface area contributed by atoms with Crippen molar-refractivity contribution in [3.63, 3.8) is 0 Å². The fourth-order valence-corrected chi connectivity index (χ4v) is 1.82. The summed E-state index contributed by atoms with van der Waals surface area (Å²) in [5.41, 5.74) is 8.12. The van der Waals surface area contributed by atoms with Crippen LogP contribution < -0.4 is 10.5 Å². The smallest absolute Gasteiger partial charge is 0.237 e. The van der Waals surface area contributed by atoms with Crippen molar-refractivity contribution in [2.24, 2.45) is 0 Å². The first kappa shape index (κ1) is 11.0. The fourth-order valence-electron chi connectivity index (χ4n) is 1.42. The van der Waals surface area contributed by atoms with E-state index < -0.39 is 0 Å². The SMILES string of the molecule is COc1nc(-c2cccc(Br)c2)ccc1N. The molecule has 0 amide bonds. The summed E-state index contributed by atoms with van der Waals surface area (Å²) >= 11 is 3.43. The van der Waals surface area contributed by atoms with Crippen LogP contribution in [0.1, 0.15) is 0 Å². The third kappa shape index (κ3) is 2.17. The van der Waals surface area contributed by atoms with Crippen LogP contribution in [-0.4, -0.2) is 12.1 Å². The van der Waals surface area contributed by atoms with Crippen LogP contribution in [0.3, 0.4) is 0 Å². The van der Waals surface area contributed by atoms with E-state index in [9.17, 15) is 0 Å². The molecule has 1 heterocycles. The molecule has 0 atom stereocenters. The standard InChI is InChI=1S/C12H11BrN2O/c1-16-12-10(14)5-6-11(15-12)8-3-2-4-9(13)7-8/h2-7H,14H2,1H3. The summed E-state index contributed by atoms with van der Waals surface area (Å²) < 4.78 is 6.11. The van der Waals surface area contributed by atoms with Crippen molar-refractivity contribution >= 4 is 21.6 Å². The number of methoxy groups -OCH3 is 1. The molecule has 0 saturated heterocycles. The molecule has 2 aromatic rings. The van der Waals surface area contributed by atoms with Crippen molar-refractivity contribution < 1.29 is 4.74 Å². The highest BCUT2D eigenvalue weighted by Crippen LogP contribution is 2.26. The van der Waals surface area contributed by atoms with Gasteiger partial charge in [0, 0.05) is 10.0 Å². The van der Waals surface area contributed by atoms with Gasteiger partial charge in [-0.3, -0.25) is 0 Å². The molecule has 4 heteroatoms. The first-order valence-corrected chi connectivity index (χ1v) is 5.56. The zero-order valence-electron chi connectivity index (χ0n) is 8.77. The number of ether oxygens (including phenoxy) is 1. The lowest BCUT2D eigenvalue weighted by Crippen LogP contribution is -1.96. The number of hydrogen-bond acceptors (Lipinski definition) is 3. The number of nitrogens with two attached hydrogens (primary N) is 1. The van der Waals surface area contributed by atoms with Crippen LogP contribution in [0.2, 0.25) is 0 Å². The molecule has 2 N–H and O–H groups in total. The molecular weight excluding hydrogens is 268 g/mol.